The van der Waals surface area contributed by atoms with Crippen LogP contribution in [0.5, 0.6) is 0 Å². The quantitative estimate of drug-likeness (QED) is 0.366. The molecule has 1 atom stereocenters. The van der Waals surface area contributed by atoms with Gasteiger partial charge in [-0.05, 0) is 42.9 Å². The van der Waals surface area contributed by atoms with Crippen molar-refractivity contribution in [3.05, 3.63) is 82.8 Å². The molecule has 1 unspecified atom stereocenters. The number of para-hydroxylation sites is 1. The lowest BCUT2D eigenvalue weighted by atomic mass is 9.94. The molecule has 4 rings (SSSR count). The van der Waals surface area contributed by atoms with E-state index in [9.17, 15) is 19.5 Å². The number of hydrogen-bond donors (Lipinski definition) is 1. The molecule has 0 saturated heterocycles. The number of ketones is 1. The Hall–Kier alpha value is -3.91. The zero-order chi connectivity index (χ0) is 25.1. The molecule has 1 N–H and O–H groups in total. The molecule has 35 heavy (non-hydrogen) atoms. The van der Waals surface area contributed by atoms with Crippen LogP contribution in [0.25, 0.3) is 11.0 Å². The number of carbonyl (C=O) groups excluding carboxylic acids is 3. The molecule has 2 heterocycles. The number of benzene rings is 2. The molecule has 0 bridgehead atoms. The number of Topliss-reactive ketones (excluding diaryl/α,β-unsaturated/α-hetero) is 1. The van der Waals surface area contributed by atoms with Crippen molar-refractivity contribution in [2.75, 3.05) is 33.3 Å². The van der Waals surface area contributed by atoms with Crippen LogP contribution in [-0.2, 0) is 9.53 Å². The molecule has 0 saturated carbocycles. The van der Waals surface area contributed by atoms with Crippen LogP contribution in [-0.4, -0.2) is 65.9 Å². The number of amides is 1. The molecular formula is C27H28N2O6. The highest BCUT2D eigenvalue weighted by Gasteiger charge is 2.44. The van der Waals surface area contributed by atoms with E-state index >= 15 is 0 Å². The third-order valence-corrected chi connectivity index (χ3v) is 6.40. The van der Waals surface area contributed by atoms with Crippen molar-refractivity contribution >= 4 is 28.6 Å². The number of fused-ring (bicyclic) bond motifs is 1. The van der Waals surface area contributed by atoms with Gasteiger partial charge in [0, 0.05) is 18.5 Å². The van der Waals surface area contributed by atoms with E-state index in [0.717, 1.165) is 18.5 Å². The Morgan fingerprint density at radius 3 is 2.40 bits per heavy atom. The lowest BCUT2D eigenvalue weighted by Gasteiger charge is -2.29. The lowest BCUT2D eigenvalue weighted by molar-refractivity contribution is -0.129. The maximum absolute atomic E-state index is 13.6. The summed E-state index contributed by atoms with van der Waals surface area (Å²) in [6, 6.07) is 14.5. The number of likely N-dealkylation sites (N-methyl/N-ethyl adjacent to an activating group) is 1. The fourth-order valence-corrected chi connectivity index (χ4v) is 4.40. The Balaban J connectivity index is 1.75. The van der Waals surface area contributed by atoms with Crippen LogP contribution < -0.4 is 0 Å². The molecular weight excluding hydrogens is 448 g/mol. The molecule has 1 aromatic heterocycles. The number of carbonyl (C=O) groups is 3. The van der Waals surface area contributed by atoms with E-state index in [-0.39, 0.29) is 11.3 Å². The fraction of sp³-hybridized carbons (Fsp3) is 0.296. The van der Waals surface area contributed by atoms with Crippen molar-refractivity contribution in [1.82, 2.24) is 9.80 Å². The van der Waals surface area contributed by atoms with Gasteiger partial charge in [-0.15, -0.1) is 0 Å². The molecule has 182 valence electrons. The summed E-state index contributed by atoms with van der Waals surface area (Å²) in [5.74, 6) is -2.20. The maximum atomic E-state index is 13.6. The van der Waals surface area contributed by atoms with Gasteiger partial charge in [-0.3, -0.25) is 9.59 Å². The van der Waals surface area contributed by atoms with Gasteiger partial charge < -0.3 is 24.1 Å². The second kappa shape index (κ2) is 10.1. The summed E-state index contributed by atoms with van der Waals surface area (Å²) in [7, 11) is 1.30. The molecule has 2 aromatic carbocycles. The van der Waals surface area contributed by atoms with E-state index in [1.807, 2.05) is 26.0 Å². The highest BCUT2D eigenvalue weighted by Crippen LogP contribution is 2.39. The highest BCUT2D eigenvalue weighted by molar-refractivity contribution is 6.16. The average molecular weight is 477 g/mol. The fourth-order valence-electron chi connectivity index (χ4n) is 4.40. The van der Waals surface area contributed by atoms with Gasteiger partial charge in [0.05, 0.1) is 24.3 Å². The van der Waals surface area contributed by atoms with Crippen molar-refractivity contribution in [3.8, 4) is 0 Å². The molecule has 1 aliphatic heterocycles. The molecule has 0 fully saturated rings. The lowest BCUT2D eigenvalue weighted by Crippen LogP contribution is -2.38. The molecule has 0 aliphatic carbocycles. The SMILES string of the molecule is CCN(CC)CCN1C(=O)C(O)=C(C(=O)c2cc3ccccc3o2)C1c1ccc(C(=O)OC)cc1. The third kappa shape index (κ3) is 4.57. The number of ether oxygens (including phenoxy) is 1. The zero-order valence-corrected chi connectivity index (χ0v) is 20.0. The van der Waals surface area contributed by atoms with Crippen LogP contribution in [0.4, 0.5) is 0 Å². The molecule has 8 nitrogen and oxygen atoms in total. The van der Waals surface area contributed by atoms with Crippen LogP contribution in [0.3, 0.4) is 0 Å². The van der Waals surface area contributed by atoms with Crippen LogP contribution in [0.15, 0.2) is 70.3 Å². The van der Waals surface area contributed by atoms with Gasteiger partial charge in [0.1, 0.15) is 5.58 Å². The normalized spacial score (nSPS) is 15.9. The first kappa shape index (κ1) is 24.2. The summed E-state index contributed by atoms with van der Waals surface area (Å²) >= 11 is 0. The number of nitrogens with zero attached hydrogens (tertiary/aromatic N) is 2. The van der Waals surface area contributed by atoms with Gasteiger partial charge in [0.2, 0.25) is 5.78 Å². The number of aliphatic hydroxyl groups is 1. The van der Waals surface area contributed by atoms with Crippen molar-refractivity contribution in [2.45, 2.75) is 19.9 Å². The van der Waals surface area contributed by atoms with Crippen LogP contribution >= 0.6 is 0 Å². The van der Waals surface area contributed by atoms with Crippen LogP contribution in [0.2, 0.25) is 0 Å². The summed E-state index contributed by atoms with van der Waals surface area (Å²) in [5, 5.41) is 11.6. The minimum atomic E-state index is -0.828. The standard InChI is InChI=1S/C27H28N2O6/c1-4-28(5-2)14-15-29-23(17-10-12-18(13-11-17)27(33)34-3)22(25(31)26(29)32)24(30)21-16-19-8-6-7-9-20(19)35-21/h6-13,16,23,31H,4-5,14-15H2,1-3H3. The van der Waals surface area contributed by atoms with Crippen molar-refractivity contribution in [1.29, 1.82) is 0 Å². The number of hydrogen-bond acceptors (Lipinski definition) is 7. The Morgan fingerprint density at radius 2 is 1.77 bits per heavy atom. The summed E-state index contributed by atoms with van der Waals surface area (Å²) in [6.45, 7) is 6.57. The second-order valence-electron chi connectivity index (χ2n) is 8.28. The predicted octanol–water partition coefficient (Wildman–Crippen LogP) is 4.14. The van der Waals surface area contributed by atoms with Crippen molar-refractivity contribution in [2.24, 2.45) is 0 Å². The van der Waals surface area contributed by atoms with E-state index in [0.29, 0.717) is 29.8 Å². The minimum Gasteiger partial charge on any atom is -0.503 e. The zero-order valence-electron chi connectivity index (χ0n) is 20.0. The maximum Gasteiger partial charge on any atom is 0.337 e. The van der Waals surface area contributed by atoms with Gasteiger partial charge >= 0.3 is 5.97 Å². The Labute approximate surface area is 203 Å². The number of furan rings is 1. The Kier molecular flexibility index (Phi) is 7.02. The topological polar surface area (TPSA) is 100 Å². The van der Waals surface area contributed by atoms with Gasteiger partial charge in [-0.1, -0.05) is 44.2 Å². The number of rotatable bonds is 9. The van der Waals surface area contributed by atoms with E-state index in [1.54, 1.807) is 42.5 Å². The Morgan fingerprint density at radius 1 is 1.09 bits per heavy atom. The molecule has 3 aromatic rings. The summed E-state index contributed by atoms with van der Waals surface area (Å²) in [4.78, 5) is 42.3. The monoisotopic (exact) mass is 476 g/mol. The first-order valence-corrected chi connectivity index (χ1v) is 11.6. The van der Waals surface area contributed by atoms with Gasteiger partial charge in [0.15, 0.2) is 11.5 Å². The van der Waals surface area contributed by atoms with E-state index in [2.05, 4.69) is 4.90 Å². The van der Waals surface area contributed by atoms with E-state index < -0.39 is 29.5 Å². The first-order valence-electron chi connectivity index (χ1n) is 11.6. The van der Waals surface area contributed by atoms with Crippen LogP contribution in [0.1, 0.15) is 46.4 Å². The first-order chi connectivity index (χ1) is 16.9. The van der Waals surface area contributed by atoms with Crippen LogP contribution in [0, 0.1) is 0 Å². The molecule has 1 amide bonds. The number of esters is 1. The number of methoxy groups -OCH3 is 1. The smallest absolute Gasteiger partial charge is 0.337 e. The van der Waals surface area contributed by atoms with Gasteiger partial charge in [-0.25, -0.2) is 4.79 Å². The predicted molar refractivity (Wildman–Crippen MR) is 130 cm³/mol. The molecule has 8 heteroatoms. The van der Waals surface area contributed by atoms with E-state index in [4.69, 9.17) is 9.15 Å². The Bertz CT molecular complexity index is 1250. The van der Waals surface area contributed by atoms with Crippen molar-refractivity contribution in [3.63, 3.8) is 0 Å². The minimum absolute atomic E-state index is 0.0422. The largest absolute Gasteiger partial charge is 0.503 e. The number of aliphatic hydroxyl groups excluding tert-OH is 1. The summed E-state index contributed by atoms with van der Waals surface area (Å²) in [5.41, 5.74) is 1.43. The van der Waals surface area contributed by atoms with Crippen molar-refractivity contribution < 1.29 is 28.6 Å². The molecule has 0 radical (unpaired) electrons. The third-order valence-electron chi connectivity index (χ3n) is 6.40. The summed E-state index contributed by atoms with van der Waals surface area (Å²) in [6.07, 6.45) is 0. The highest BCUT2D eigenvalue weighted by atomic mass is 16.5. The molecule has 1 aliphatic rings. The molecule has 0 spiro atoms. The van der Waals surface area contributed by atoms with Gasteiger partial charge in [0.25, 0.3) is 5.91 Å². The van der Waals surface area contributed by atoms with Gasteiger partial charge in [-0.2, -0.15) is 0 Å². The van der Waals surface area contributed by atoms with E-state index in [1.165, 1.54) is 12.0 Å². The second-order valence-corrected chi connectivity index (χ2v) is 8.28. The summed E-state index contributed by atoms with van der Waals surface area (Å²) < 4.78 is 10.5. The average Bonchev–Trinajstić information content (AvgIpc) is 3.43.